The zero-order valence-corrected chi connectivity index (χ0v) is 16.3. The number of amides is 1. The minimum absolute atomic E-state index is 0.0743. The van der Waals surface area contributed by atoms with Gasteiger partial charge in [0.15, 0.2) is 11.6 Å². The lowest BCUT2D eigenvalue weighted by Gasteiger charge is -2.11. The van der Waals surface area contributed by atoms with Crippen LogP contribution in [0.15, 0.2) is 36.8 Å². The molecule has 2 heterocycles. The molecular formula is C20H21F2N7O. The Morgan fingerprint density at radius 3 is 2.90 bits per heavy atom. The molecule has 0 aliphatic heterocycles. The van der Waals surface area contributed by atoms with Crippen molar-refractivity contribution in [1.29, 1.82) is 0 Å². The van der Waals surface area contributed by atoms with Crippen molar-refractivity contribution in [3.05, 3.63) is 59.6 Å². The summed E-state index contributed by atoms with van der Waals surface area (Å²) >= 11 is 0. The van der Waals surface area contributed by atoms with Gasteiger partial charge in [0.25, 0.3) is 0 Å². The van der Waals surface area contributed by atoms with E-state index in [0.717, 1.165) is 24.5 Å². The van der Waals surface area contributed by atoms with Crippen LogP contribution in [-0.2, 0) is 17.9 Å². The van der Waals surface area contributed by atoms with Crippen LogP contribution in [0.2, 0.25) is 0 Å². The third kappa shape index (κ3) is 4.88. The molecule has 1 saturated carbocycles. The van der Waals surface area contributed by atoms with E-state index in [1.54, 1.807) is 18.6 Å². The van der Waals surface area contributed by atoms with Crippen molar-refractivity contribution < 1.29 is 13.6 Å². The molecule has 156 valence electrons. The average Bonchev–Trinajstić information content (AvgIpc) is 3.42. The SMILES string of the molecule is Cc1cnc(Nc2cnn(CC(=O)NC3CC3)c2)nc1NCc1cccc(F)c1F. The minimum Gasteiger partial charge on any atom is -0.365 e. The predicted molar refractivity (Wildman–Crippen MR) is 107 cm³/mol. The molecule has 30 heavy (non-hydrogen) atoms. The number of nitrogens with one attached hydrogen (secondary N) is 3. The maximum atomic E-state index is 13.8. The van der Waals surface area contributed by atoms with E-state index < -0.39 is 11.6 Å². The first-order chi connectivity index (χ1) is 14.5. The zero-order valence-electron chi connectivity index (χ0n) is 16.3. The fourth-order valence-corrected chi connectivity index (χ4v) is 2.84. The molecule has 0 atom stereocenters. The van der Waals surface area contributed by atoms with Crippen LogP contribution in [0.25, 0.3) is 0 Å². The second kappa shape index (κ2) is 8.44. The van der Waals surface area contributed by atoms with Crippen LogP contribution in [0.3, 0.4) is 0 Å². The third-order valence-electron chi connectivity index (χ3n) is 4.59. The van der Waals surface area contributed by atoms with Gasteiger partial charge in [0.2, 0.25) is 11.9 Å². The predicted octanol–water partition coefficient (Wildman–Crippen LogP) is 2.89. The van der Waals surface area contributed by atoms with Crippen LogP contribution in [-0.4, -0.2) is 31.7 Å². The van der Waals surface area contributed by atoms with Crippen molar-refractivity contribution in [2.24, 2.45) is 0 Å². The van der Waals surface area contributed by atoms with Crippen LogP contribution in [0.5, 0.6) is 0 Å². The molecule has 1 amide bonds. The highest BCUT2D eigenvalue weighted by Crippen LogP contribution is 2.20. The normalized spacial score (nSPS) is 13.2. The smallest absolute Gasteiger partial charge is 0.241 e. The van der Waals surface area contributed by atoms with Gasteiger partial charge in [0, 0.05) is 36.1 Å². The number of rotatable bonds is 8. The first-order valence-corrected chi connectivity index (χ1v) is 9.57. The van der Waals surface area contributed by atoms with Crippen LogP contribution in [0, 0.1) is 18.6 Å². The van der Waals surface area contributed by atoms with Gasteiger partial charge in [0.05, 0.1) is 11.9 Å². The molecule has 0 radical (unpaired) electrons. The summed E-state index contributed by atoms with van der Waals surface area (Å²) in [5, 5.41) is 13.1. The Balaban J connectivity index is 1.39. The second-order valence-corrected chi connectivity index (χ2v) is 7.19. The largest absolute Gasteiger partial charge is 0.365 e. The van der Waals surface area contributed by atoms with E-state index in [-0.39, 0.29) is 24.6 Å². The number of hydrogen-bond acceptors (Lipinski definition) is 6. The molecule has 1 aliphatic rings. The van der Waals surface area contributed by atoms with Gasteiger partial charge < -0.3 is 16.0 Å². The molecule has 4 rings (SSSR count). The molecule has 1 aromatic carbocycles. The van der Waals surface area contributed by atoms with E-state index in [0.29, 0.717) is 23.5 Å². The summed E-state index contributed by atoms with van der Waals surface area (Å²) in [6.45, 7) is 2.03. The van der Waals surface area contributed by atoms with E-state index in [1.165, 1.54) is 16.8 Å². The third-order valence-corrected chi connectivity index (χ3v) is 4.59. The molecule has 0 bridgehead atoms. The fourth-order valence-electron chi connectivity index (χ4n) is 2.84. The fraction of sp³-hybridized carbons (Fsp3) is 0.300. The Morgan fingerprint density at radius 1 is 1.27 bits per heavy atom. The maximum Gasteiger partial charge on any atom is 0.241 e. The number of aryl methyl sites for hydroxylation is 1. The van der Waals surface area contributed by atoms with Gasteiger partial charge in [-0.1, -0.05) is 12.1 Å². The first-order valence-electron chi connectivity index (χ1n) is 9.57. The van der Waals surface area contributed by atoms with E-state index in [1.807, 2.05) is 6.92 Å². The topological polar surface area (TPSA) is 96.8 Å². The number of carbonyl (C=O) groups excluding carboxylic acids is 1. The highest BCUT2D eigenvalue weighted by molar-refractivity contribution is 5.76. The number of carbonyl (C=O) groups is 1. The van der Waals surface area contributed by atoms with E-state index >= 15 is 0 Å². The molecule has 0 saturated heterocycles. The van der Waals surface area contributed by atoms with Crippen LogP contribution in [0.1, 0.15) is 24.0 Å². The van der Waals surface area contributed by atoms with Crippen LogP contribution >= 0.6 is 0 Å². The van der Waals surface area contributed by atoms with Crippen molar-refractivity contribution in [2.45, 2.75) is 38.9 Å². The quantitative estimate of drug-likeness (QED) is 0.526. The number of halogens is 2. The maximum absolute atomic E-state index is 13.8. The summed E-state index contributed by atoms with van der Waals surface area (Å²) in [6.07, 6.45) is 6.94. The summed E-state index contributed by atoms with van der Waals surface area (Å²) < 4.78 is 28.7. The van der Waals surface area contributed by atoms with Gasteiger partial charge in [-0.15, -0.1) is 0 Å². The van der Waals surface area contributed by atoms with Crippen LogP contribution < -0.4 is 16.0 Å². The van der Waals surface area contributed by atoms with E-state index in [2.05, 4.69) is 31.0 Å². The summed E-state index contributed by atoms with van der Waals surface area (Å²) in [7, 11) is 0. The highest BCUT2D eigenvalue weighted by atomic mass is 19.2. The molecule has 10 heteroatoms. The standard InChI is InChI=1S/C20H21F2N7O/c1-12-7-24-20(28-19(12)23-8-13-3-2-4-16(21)18(13)22)27-15-9-25-29(10-15)11-17(30)26-14-5-6-14/h2-4,7,9-10,14H,5-6,8,11H2,1H3,(H,26,30)(H2,23,24,27,28). The lowest BCUT2D eigenvalue weighted by atomic mass is 10.2. The minimum atomic E-state index is -0.890. The summed E-state index contributed by atoms with van der Waals surface area (Å²) in [5.41, 5.74) is 1.58. The number of nitrogens with zero attached hydrogens (tertiary/aromatic N) is 4. The highest BCUT2D eigenvalue weighted by Gasteiger charge is 2.23. The summed E-state index contributed by atoms with van der Waals surface area (Å²) in [5.74, 6) is -1.04. The Labute approximate surface area is 171 Å². The van der Waals surface area contributed by atoms with Crippen molar-refractivity contribution in [3.63, 3.8) is 0 Å². The molecule has 0 unspecified atom stereocenters. The molecule has 1 fully saturated rings. The molecule has 1 aliphatic carbocycles. The lowest BCUT2D eigenvalue weighted by Crippen LogP contribution is -2.29. The monoisotopic (exact) mass is 413 g/mol. The summed E-state index contributed by atoms with van der Waals surface area (Å²) in [4.78, 5) is 20.5. The molecular weight excluding hydrogens is 392 g/mol. The van der Waals surface area contributed by atoms with Gasteiger partial charge in [-0.3, -0.25) is 9.48 Å². The Kier molecular flexibility index (Phi) is 5.55. The molecule has 0 spiro atoms. The van der Waals surface area contributed by atoms with Gasteiger partial charge in [0.1, 0.15) is 12.4 Å². The number of hydrogen-bond donors (Lipinski definition) is 3. The van der Waals surface area contributed by atoms with Crippen molar-refractivity contribution in [2.75, 3.05) is 10.6 Å². The van der Waals surface area contributed by atoms with Crippen molar-refractivity contribution in [1.82, 2.24) is 25.1 Å². The zero-order chi connectivity index (χ0) is 21.1. The molecule has 2 aromatic heterocycles. The van der Waals surface area contributed by atoms with E-state index in [4.69, 9.17) is 0 Å². The van der Waals surface area contributed by atoms with Gasteiger partial charge >= 0.3 is 0 Å². The average molecular weight is 413 g/mol. The summed E-state index contributed by atoms with van der Waals surface area (Å²) in [6, 6.07) is 4.34. The van der Waals surface area contributed by atoms with Crippen molar-refractivity contribution in [3.8, 4) is 0 Å². The first kappa shape index (κ1) is 19.7. The number of aromatic nitrogens is 4. The van der Waals surface area contributed by atoms with E-state index in [9.17, 15) is 13.6 Å². The molecule has 3 N–H and O–H groups in total. The molecule has 8 nitrogen and oxygen atoms in total. The Bertz CT molecular complexity index is 1070. The van der Waals surface area contributed by atoms with Crippen LogP contribution in [0.4, 0.5) is 26.2 Å². The van der Waals surface area contributed by atoms with Gasteiger partial charge in [-0.25, -0.2) is 13.8 Å². The Morgan fingerprint density at radius 2 is 2.10 bits per heavy atom. The van der Waals surface area contributed by atoms with Gasteiger partial charge in [-0.2, -0.15) is 10.1 Å². The number of benzene rings is 1. The molecule has 3 aromatic rings. The van der Waals surface area contributed by atoms with Gasteiger partial charge in [-0.05, 0) is 25.8 Å². The second-order valence-electron chi connectivity index (χ2n) is 7.19. The lowest BCUT2D eigenvalue weighted by molar-refractivity contribution is -0.122. The number of anilines is 3. The Hall–Kier alpha value is -3.56. The van der Waals surface area contributed by atoms with Crippen molar-refractivity contribution >= 4 is 23.4 Å².